The number of methoxy groups -OCH3 is 1. The zero-order chi connectivity index (χ0) is 10.3. The lowest BCUT2D eigenvalue weighted by molar-refractivity contribution is 0.0599. The Morgan fingerprint density at radius 3 is 2.62 bits per heavy atom. The van der Waals surface area contributed by atoms with E-state index in [1.165, 1.54) is 7.11 Å². The fourth-order valence-electron chi connectivity index (χ4n) is 0.810. The van der Waals surface area contributed by atoms with Gasteiger partial charge in [-0.15, -0.1) is 0 Å². The maximum atomic E-state index is 11.0. The minimum Gasteiger partial charge on any atom is -0.465 e. The summed E-state index contributed by atoms with van der Waals surface area (Å²) in [6, 6.07) is 3.40. The number of hydrogen-bond donors (Lipinski definition) is 1. The van der Waals surface area contributed by atoms with Gasteiger partial charge in [0.25, 0.3) is 0 Å². The van der Waals surface area contributed by atoms with E-state index in [0.717, 1.165) is 7.11 Å². The first-order chi connectivity index (χ1) is 6.25. The molecule has 72 valence electrons. The highest BCUT2D eigenvalue weighted by atomic mass is 16.5. The Morgan fingerprint density at radius 2 is 2.15 bits per heavy atom. The van der Waals surface area contributed by atoms with Gasteiger partial charge in [-0.2, -0.15) is 0 Å². The van der Waals surface area contributed by atoms with Crippen LogP contribution in [0, 0.1) is 6.92 Å². The highest BCUT2D eigenvalue weighted by molar-refractivity contribution is 5.90. The van der Waals surface area contributed by atoms with Crippen LogP contribution in [0.2, 0.25) is 0 Å². The zero-order valence-corrected chi connectivity index (χ0v) is 7.94. The normalized spacial score (nSPS) is 8.31. The zero-order valence-electron chi connectivity index (χ0n) is 7.94. The first-order valence-electron chi connectivity index (χ1n) is 3.70. The molecule has 0 unspecified atom stereocenters. The first kappa shape index (κ1) is 11.6. The number of aromatic nitrogens is 1. The third-order valence-corrected chi connectivity index (χ3v) is 1.41. The van der Waals surface area contributed by atoms with Crippen molar-refractivity contribution in [1.82, 2.24) is 4.98 Å². The Morgan fingerprint density at radius 1 is 1.54 bits per heavy atom. The maximum Gasteiger partial charge on any atom is 0.339 e. The summed E-state index contributed by atoms with van der Waals surface area (Å²) < 4.78 is 4.54. The number of nitrogens with zero attached hydrogens (tertiary/aromatic N) is 1. The fourth-order valence-corrected chi connectivity index (χ4v) is 0.810. The lowest BCUT2D eigenvalue weighted by Gasteiger charge is -2.00. The van der Waals surface area contributed by atoms with Crippen molar-refractivity contribution in [2.75, 3.05) is 14.2 Å². The summed E-state index contributed by atoms with van der Waals surface area (Å²) in [7, 11) is 2.36. The lowest BCUT2D eigenvalue weighted by Crippen LogP contribution is -2.04. The summed E-state index contributed by atoms with van der Waals surface area (Å²) in [6.07, 6.45) is 1.64. The van der Waals surface area contributed by atoms with Crippen LogP contribution >= 0.6 is 0 Å². The van der Waals surface area contributed by atoms with E-state index in [1.54, 1.807) is 25.3 Å². The molecule has 0 fully saturated rings. The van der Waals surface area contributed by atoms with Gasteiger partial charge in [-0.05, 0) is 19.1 Å². The van der Waals surface area contributed by atoms with E-state index in [1.807, 2.05) is 0 Å². The molecule has 4 heteroatoms. The molecular weight excluding hydrogens is 170 g/mol. The van der Waals surface area contributed by atoms with Gasteiger partial charge in [0, 0.05) is 13.3 Å². The molecule has 0 spiro atoms. The molecule has 0 saturated carbocycles. The van der Waals surface area contributed by atoms with Crippen LogP contribution < -0.4 is 0 Å². The molecule has 0 amide bonds. The second kappa shape index (κ2) is 6.14. The van der Waals surface area contributed by atoms with Gasteiger partial charge in [0.15, 0.2) is 0 Å². The largest absolute Gasteiger partial charge is 0.465 e. The van der Waals surface area contributed by atoms with Gasteiger partial charge in [0.2, 0.25) is 0 Å². The highest BCUT2D eigenvalue weighted by Crippen LogP contribution is 2.04. The van der Waals surface area contributed by atoms with Gasteiger partial charge < -0.3 is 9.84 Å². The summed E-state index contributed by atoms with van der Waals surface area (Å²) in [4.78, 5) is 14.9. The van der Waals surface area contributed by atoms with E-state index in [0.29, 0.717) is 11.3 Å². The van der Waals surface area contributed by atoms with Gasteiger partial charge in [0.05, 0.1) is 18.4 Å². The molecule has 0 aliphatic rings. The number of aliphatic hydroxyl groups excluding tert-OH is 1. The van der Waals surface area contributed by atoms with Crippen molar-refractivity contribution in [2.24, 2.45) is 0 Å². The molecule has 0 aliphatic carbocycles. The quantitative estimate of drug-likeness (QED) is 0.654. The topological polar surface area (TPSA) is 59.4 Å². The second-order valence-electron chi connectivity index (χ2n) is 2.13. The molecule has 0 atom stereocenters. The number of aliphatic hydroxyl groups is 1. The highest BCUT2D eigenvalue weighted by Gasteiger charge is 2.07. The van der Waals surface area contributed by atoms with Crippen molar-refractivity contribution >= 4 is 5.97 Å². The van der Waals surface area contributed by atoms with Crippen LogP contribution in [0.3, 0.4) is 0 Å². The van der Waals surface area contributed by atoms with Crippen molar-refractivity contribution in [2.45, 2.75) is 6.92 Å². The third-order valence-electron chi connectivity index (χ3n) is 1.41. The predicted molar refractivity (Wildman–Crippen MR) is 48.5 cm³/mol. The molecular formula is C9H13NO3. The second-order valence-corrected chi connectivity index (χ2v) is 2.13. The van der Waals surface area contributed by atoms with E-state index in [2.05, 4.69) is 9.72 Å². The molecule has 0 radical (unpaired) electrons. The SMILES string of the molecule is CO.COC(=O)c1cccnc1C. The minimum absolute atomic E-state index is 0.337. The molecule has 0 aliphatic heterocycles. The van der Waals surface area contributed by atoms with Crippen molar-refractivity contribution in [3.63, 3.8) is 0 Å². The number of carbonyl (C=O) groups is 1. The van der Waals surface area contributed by atoms with Crippen LogP contribution in [-0.2, 0) is 4.74 Å². The molecule has 0 bridgehead atoms. The number of hydrogen-bond acceptors (Lipinski definition) is 4. The van der Waals surface area contributed by atoms with Gasteiger partial charge in [0.1, 0.15) is 0 Å². The number of carbonyl (C=O) groups excluding carboxylic acids is 1. The van der Waals surface area contributed by atoms with E-state index >= 15 is 0 Å². The Labute approximate surface area is 77.2 Å². The molecule has 1 heterocycles. The number of rotatable bonds is 1. The lowest BCUT2D eigenvalue weighted by atomic mass is 10.2. The number of esters is 1. The van der Waals surface area contributed by atoms with Gasteiger partial charge >= 0.3 is 5.97 Å². The van der Waals surface area contributed by atoms with Gasteiger partial charge in [-0.3, -0.25) is 4.98 Å². The van der Waals surface area contributed by atoms with Crippen molar-refractivity contribution < 1.29 is 14.6 Å². The Bertz CT molecular complexity index is 273. The van der Waals surface area contributed by atoms with Crippen LogP contribution in [0.25, 0.3) is 0 Å². The number of pyridine rings is 1. The summed E-state index contributed by atoms with van der Waals surface area (Å²) in [5, 5.41) is 7.00. The molecule has 13 heavy (non-hydrogen) atoms. The van der Waals surface area contributed by atoms with Crippen LogP contribution in [0.15, 0.2) is 18.3 Å². The molecule has 1 rings (SSSR count). The third kappa shape index (κ3) is 3.21. The Hall–Kier alpha value is -1.42. The number of ether oxygens (including phenoxy) is 1. The van der Waals surface area contributed by atoms with Crippen LogP contribution in [-0.4, -0.2) is 30.3 Å². The van der Waals surface area contributed by atoms with E-state index in [-0.39, 0.29) is 5.97 Å². The molecule has 4 nitrogen and oxygen atoms in total. The maximum absolute atomic E-state index is 11.0. The van der Waals surface area contributed by atoms with E-state index in [4.69, 9.17) is 5.11 Å². The number of aryl methyl sites for hydroxylation is 1. The van der Waals surface area contributed by atoms with Gasteiger partial charge in [-0.1, -0.05) is 0 Å². The molecule has 0 aromatic carbocycles. The van der Waals surface area contributed by atoms with Crippen LogP contribution in [0.1, 0.15) is 16.1 Å². The van der Waals surface area contributed by atoms with E-state index < -0.39 is 0 Å². The molecule has 1 aromatic heterocycles. The fraction of sp³-hybridized carbons (Fsp3) is 0.333. The summed E-state index contributed by atoms with van der Waals surface area (Å²) in [6.45, 7) is 1.77. The standard InChI is InChI=1S/C8H9NO2.CH4O/c1-6-7(8(10)11-2)4-3-5-9-6;1-2/h3-5H,1-2H3;2H,1H3. The van der Waals surface area contributed by atoms with Crippen molar-refractivity contribution in [1.29, 1.82) is 0 Å². The van der Waals surface area contributed by atoms with Crippen LogP contribution in [0.4, 0.5) is 0 Å². The Balaban J connectivity index is 0.000000671. The van der Waals surface area contributed by atoms with Crippen molar-refractivity contribution in [3.05, 3.63) is 29.6 Å². The summed E-state index contributed by atoms with van der Waals surface area (Å²) in [5.41, 5.74) is 1.22. The smallest absolute Gasteiger partial charge is 0.339 e. The monoisotopic (exact) mass is 183 g/mol. The van der Waals surface area contributed by atoms with E-state index in [9.17, 15) is 4.79 Å². The summed E-state index contributed by atoms with van der Waals surface area (Å²) in [5.74, 6) is -0.337. The predicted octanol–water partition coefficient (Wildman–Crippen LogP) is 0.785. The average Bonchev–Trinajstić information content (AvgIpc) is 2.20. The molecule has 1 N–H and O–H groups in total. The molecule has 1 aromatic rings. The molecule has 0 saturated heterocycles. The first-order valence-corrected chi connectivity index (χ1v) is 3.70. The summed E-state index contributed by atoms with van der Waals surface area (Å²) >= 11 is 0. The van der Waals surface area contributed by atoms with Crippen molar-refractivity contribution in [3.8, 4) is 0 Å². The van der Waals surface area contributed by atoms with Crippen LogP contribution in [0.5, 0.6) is 0 Å². The van der Waals surface area contributed by atoms with Gasteiger partial charge in [-0.25, -0.2) is 4.79 Å². The Kier molecular flexibility index (Phi) is 5.47. The minimum atomic E-state index is -0.337. The average molecular weight is 183 g/mol.